The van der Waals surface area contributed by atoms with Crippen molar-refractivity contribution in [1.29, 1.82) is 0 Å². The Bertz CT molecular complexity index is 1180. The van der Waals surface area contributed by atoms with Gasteiger partial charge in [-0.15, -0.1) is 0 Å². The SMILES string of the molecule is COc1ccc(N2CC[NH+](CCCNS(=O)(=O)c3ccc4[nH]c(=O)oc4c3)CC2)cc1. The second kappa shape index (κ2) is 9.13. The third kappa shape index (κ3) is 5.09. The summed E-state index contributed by atoms with van der Waals surface area (Å²) in [7, 11) is -1.99. The summed E-state index contributed by atoms with van der Waals surface area (Å²) in [5, 5.41) is 0. The highest BCUT2D eigenvalue weighted by molar-refractivity contribution is 7.89. The number of aromatic nitrogens is 1. The molecule has 166 valence electrons. The molecule has 1 aromatic heterocycles. The maximum atomic E-state index is 12.5. The Balaban J connectivity index is 1.22. The molecule has 0 aliphatic carbocycles. The van der Waals surface area contributed by atoms with Gasteiger partial charge in [0.15, 0.2) is 5.58 Å². The molecule has 2 heterocycles. The highest BCUT2D eigenvalue weighted by Crippen LogP contribution is 2.19. The molecule has 3 N–H and O–H groups in total. The molecule has 4 rings (SSSR count). The summed E-state index contributed by atoms with van der Waals surface area (Å²) in [5.74, 6) is 0.251. The minimum absolute atomic E-state index is 0.0863. The molecule has 9 nitrogen and oxygen atoms in total. The van der Waals surface area contributed by atoms with Gasteiger partial charge in [-0.25, -0.2) is 17.9 Å². The van der Waals surface area contributed by atoms with Crippen molar-refractivity contribution in [3.05, 3.63) is 53.0 Å². The second-order valence-electron chi connectivity index (χ2n) is 7.61. The maximum Gasteiger partial charge on any atom is 0.417 e. The average Bonchev–Trinajstić information content (AvgIpc) is 3.16. The van der Waals surface area contributed by atoms with Crippen LogP contribution in [0.2, 0.25) is 0 Å². The number of piperazine rings is 1. The first-order chi connectivity index (χ1) is 14.9. The summed E-state index contributed by atoms with van der Waals surface area (Å²) in [6.45, 7) is 5.24. The van der Waals surface area contributed by atoms with Crippen LogP contribution in [-0.4, -0.2) is 59.8 Å². The largest absolute Gasteiger partial charge is 0.497 e. The third-order valence-electron chi connectivity index (χ3n) is 5.61. The van der Waals surface area contributed by atoms with E-state index in [1.54, 1.807) is 7.11 Å². The van der Waals surface area contributed by atoms with Crippen LogP contribution in [0.3, 0.4) is 0 Å². The Morgan fingerprint density at radius 3 is 2.61 bits per heavy atom. The van der Waals surface area contributed by atoms with E-state index in [-0.39, 0.29) is 10.5 Å². The van der Waals surface area contributed by atoms with Crippen LogP contribution in [-0.2, 0) is 10.0 Å². The summed E-state index contributed by atoms with van der Waals surface area (Å²) < 4.78 is 37.8. The lowest BCUT2D eigenvalue weighted by molar-refractivity contribution is -0.900. The smallest absolute Gasteiger partial charge is 0.417 e. The molecule has 1 aliphatic heterocycles. The van der Waals surface area contributed by atoms with E-state index in [1.165, 1.54) is 28.8 Å². The quantitative estimate of drug-likeness (QED) is 0.426. The van der Waals surface area contributed by atoms with Crippen LogP contribution < -0.4 is 25.0 Å². The number of methoxy groups -OCH3 is 1. The van der Waals surface area contributed by atoms with Crippen LogP contribution in [0.4, 0.5) is 5.69 Å². The summed E-state index contributed by atoms with van der Waals surface area (Å²) >= 11 is 0. The molecule has 0 amide bonds. The number of aromatic amines is 1. The number of nitrogens with one attached hydrogen (secondary N) is 3. The molecule has 0 radical (unpaired) electrons. The van der Waals surface area contributed by atoms with Crippen LogP contribution >= 0.6 is 0 Å². The fraction of sp³-hybridized carbons (Fsp3) is 0.381. The van der Waals surface area contributed by atoms with E-state index in [0.717, 1.165) is 44.9 Å². The van der Waals surface area contributed by atoms with Crippen LogP contribution in [0.5, 0.6) is 5.75 Å². The minimum atomic E-state index is -3.65. The summed E-state index contributed by atoms with van der Waals surface area (Å²) in [4.78, 5) is 17.7. The number of hydrogen-bond donors (Lipinski definition) is 3. The zero-order chi connectivity index (χ0) is 21.8. The lowest BCUT2D eigenvalue weighted by Crippen LogP contribution is -3.15. The van der Waals surface area contributed by atoms with Crippen LogP contribution in [0, 0.1) is 0 Å². The van der Waals surface area contributed by atoms with Crippen molar-refractivity contribution in [2.45, 2.75) is 11.3 Å². The summed E-state index contributed by atoms with van der Waals surface area (Å²) in [6.07, 6.45) is 0.749. The van der Waals surface area contributed by atoms with Crippen molar-refractivity contribution < 1.29 is 22.5 Å². The standard InChI is InChI=1S/C21H26N4O5S/c1-29-17-5-3-16(4-6-17)25-13-11-24(12-14-25)10-2-9-22-31(27,28)18-7-8-19-20(15-18)30-21(26)23-19/h3-8,15,22H,2,9-14H2,1H3,(H,23,26)/p+1. The number of rotatable bonds is 8. The van der Waals surface area contributed by atoms with E-state index in [4.69, 9.17) is 9.15 Å². The van der Waals surface area contributed by atoms with Gasteiger partial charge in [0.1, 0.15) is 5.75 Å². The van der Waals surface area contributed by atoms with Gasteiger partial charge in [-0.05, 0) is 36.4 Å². The zero-order valence-electron chi connectivity index (χ0n) is 17.4. The van der Waals surface area contributed by atoms with E-state index < -0.39 is 15.8 Å². The first-order valence-corrected chi connectivity index (χ1v) is 11.8. The fourth-order valence-electron chi connectivity index (χ4n) is 3.85. The van der Waals surface area contributed by atoms with Gasteiger partial charge in [-0.2, -0.15) is 0 Å². The Morgan fingerprint density at radius 2 is 1.90 bits per heavy atom. The van der Waals surface area contributed by atoms with E-state index in [1.807, 2.05) is 12.1 Å². The number of benzene rings is 2. The average molecular weight is 448 g/mol. The molecule has 0 atom stereocenters. The zero-order valence-corrected chi connectivity index (χ0v) is 18.2. The summed E-state index contributed by atoms with van der Waals surface area (Å²) in [6, 6.07) is 12.5. The first kappa shape index (κ1) is 21.4. The number of nitrogens with zero attached hydrogens (tertiary/aromatic N) is 1. The fourth-order valence-corrected chi connectivity index (χ4v) is 4.93. The minimum Gasteiger partial charge on any atom is -0.497 e. The first-order valence-electron chi connectivity index (χ1n) is 10.3. The Hall–Kier alpha value is -2.82. The highest BCUT2D eigenvalue weighted by atomic mass is 32.2. The van der Waals surface area contributed by atoms with Gasteiger partial charge in [-0.3, -0.25) is 4.98 Å². The second-order valence-corrected chi connectivity index (χ2v) is 9.38. The van der Waals surface area contributed by atoms with Crippen molar-refractivity contribution in [2.24, 2.45) is 0 Å². The maximum absolute atomic E-state index is 12.5. The predicted molar refractivity (Wildman–Crippen MR) is 117 cm³/mol. The normalized spacial score (nSPS) is 15.5. The molecular weight excluding hydrogens is 420 g/mol. The monoisotopic (exact) mass is 447 g/mol. The van der Waals surface area contributed by atoms with Crippen molar-refractivity contribution >= 4 is 26.8 Å². The molecule has 0 unspecified atom stereocenters. The van der Waals surface area contributed by atoms with Gasteiger partial charge in [-0.1, -0.05) is 0 Å². The highest BCUT2D eigenvalue weighted by Gasteiger charge is 2.20. The van der Waals surface area contributed by atoms with Gasteiger partial charge in [0.2, 0.25) is 10.0 Å². The van der Waals surface area contributed by atoms with Gasteiger partial charge in [0, 0.05) is 24.7 Å². The molecule has 0 spiro atoms. The van der Waals surface area contributed by atoms with Gasteiger partial charge in [0.05, 0.1) is 50.2 Å². The molecule has 3 aromatic rings. The molecule has 2 aromatic carbocycles. The van der Waals surface area contributed by atoms with Crippen LogP contribution in [0.1, 0.15) is 6.42 Å². The Kier molecular flexibility index (Phi) is 6.30. The number of H-pyrrole nitrogens is 1. The molecular formula is C21H27N4O5S+. The van der Waals surface area contributed by atoms with Gasteiger partial charge in [0.25, 0.3) is 0 Å². The lowest BCUT2D eigenvalue weighted by atomic mass is 10.2. The molecule has 10 heteroatoms. The van der Waals surface area contributed by atoms with Gasteiger partial charge >= 0.3 is 5.76 Å². The molecule has 0 saturated carbocycles. The Morgan fingerprint density at radius 1 is 1.16 bits per heavy atom. The van der Waals surface area contributed by atoms with E-state index in [0.29, 0.717) is 12.1 Å². The number of sulfonamides is 1. The molecule has 1 aliphatic rings. The number of oxazole rings is 1. The van der Waals surface area contributed by atoms with Crippen molar-refractivity contribution in [3.63, 3.8) is 0 Å². The third-order valence-corrected chi connectivity index (χ3v) is 7.07. The molecule has 1 fully saturated rings. The number of ether oxygens (including phenoxy) is 1. The number of hydrogen-bond acceptors (Lipinski definition) is 6. The summed E-state index contributed by atoms with van der Waals surface area (Å²) in [5.41, 5.74) is 1.90. The molecule has 0 bridgehead atoms. The van der Waals surface area contributed by atoms with Crippen molar-refractivity contribution in [2.75, 3.05) is 51.3 Å². The van der Waals surface area contributed by atoms with E-state index in [2.05, 4.69) is 26.7 Å². The number of anilines is 1. The number of quaternary nitrogens is 1. The lowest BCUT2D eigenvalue weighted by Gasteiger charge is -2.33. The Labute approximate surface area is 180 Å². The van der Waals surface area contributed by atoms with Crippen molar-refractivity contribution in [1.82, 2.24) is 9.71 Å². The van der Waals surface area contributed by atoms with Crippen LogP contribution in [0.15, 0.2) is 56.6 Å². The van der Waals surface area contributed by atoms with E-state index >= 15 is 0 Å². The van der Waals surface area contributed by atoms with Crippen molar-refractivity contribution in [3.8, 4) is 5.75 Å². The number of fused-ring (bicyclic) bond motifs is 1. The van der Waals surface area contributed by atoms with Gasteiger partial charge < -0.3 is 19.0 Å². The topological polar surface area (TPSA) is 109 Å². The predicted octanol–water partition coefficient (Wildman–Crippen LogP) is 0.203. The molecule has 31 heavy (non-hydrogen) atoms. The van der Waals surface area contributed by atoms with Crippen LogP contribution in [0.25, 0.3) is 11.1 Å². The van der Waals surface area contributed by atoms with E-state index in [9.17, 15) is 13.2 Å². The molecule has 1 saturated heterocycles.